The number of rotatable bonds is 1. The third kappa shape index (κ3) is 2.46. The predicted octanol–water partition coefficient (Wildman–Crippen LogP) is 2.71. The molecule has 0 bridgehead atoms. The molecule has 0 aliphatic carbocycles. The van der Waals surface area contributed by atoms with Crippen molar-refractivity contribution < 1.29 is 0 Å². The van der Waals surface area contributed by atoms with Crippen LogP contribution < -0.4 is 0 Å². The van der Waals surface area contributed by atoms with Crippen LogP contribution in [0.2, 0.25) is 0 Å². The van der Waals surface area contributed by atoms with E-state index in [0.29, 0.717) is 0 Å². The lowest BCUT2D eigenvalue weighted by atomic mass is 10.2. The van der Waals surface area contributed by atoms with E-state index in [2.05, 4.69) is 6.58 Å². The summed E-state index contributed by atoms with van der Waals surface area (Å²) in [4.78, 5) is 0. The maximum atomic E-state index is 5.32. The SMILES string of the molecule is C=C(C)C(C)=CCl. The van der Waals surface area contributed by atoms with Crippen LogP contribution in [-0.4, -0.2) is 0 Å². The molecule has 0 spiro atoms. The van der Waals surface area contributed by atoms with Crippen molar-refractivity contribution in [3.05, 3.63) is 23.3 Å². The normalized spacial score (nSPS) is 11.6. The number of allylic oxidation sites excluding steroid dienone is 2. The summed E-state index contributed by atoms with van der Waals surface area (Å²) >= 11 is 5.32. The van der Waals surface area contributed by atoms with E-state index in [4.69, 9.17) is 11.6 Å². The van der Waals surface area contributed by atoms with E-state index < -0.39 is 0 Å². The molecule has 0 saturated heterocycles. The zero-order valence-electron chi connectivity index (χ0n) is 4.66. The molecule has 0 aliphatic heterocycles. The average Bonchev–Trinajstić information content (AvgIpc) is 1.65. The van der Waals surface area contributed by atoms with Crippen LogP contribution in [0.1, 0.15) is 13.8 Å². The van der Waals surface area contributed by atoms with Crippen molar-refractivity contribution in [1.29, 1.82) is 0 Å². The lowest BCUT2D eigenvalue weighted by Gasteiger charge is -1.90. The Morgan fingerprint density at radius 3 is 2.00 bits per heavy atom. The van der Waals surface area contributed by atoms with Gasteiger partial charge in [0, 0.05) is 5.54 Å². The molecule has 0 saturated carbocycles. The smallest absolute Gasteiger partial charge is 0.00741 e. The van der Waals surface area contributed by atoms with E-state index in [-0.39, 0.29) is 0 Å². The van der Waals surface area contributed by atoms with Crippen LogP contribution in [0.3, 0.4) is 0 Å². The molecule has 0 aliphatic rings. The fraction of sp³-hybridized carbons (Fsp3) is 0.333. The summed E-state index contributed by atoms with van der Waals surface area (Å²) in [5.41, 5.74) is 3.60. The molecular formula is C6H9Cl. The van der Waals surface area contributed by atoms with E-state index in [1.165, 1.54) is 5.54 Å². The summed E-state index contributed by atoms with van der Waals surface area (Å²) in [6.07, 6.45) is 0. The van der Waals surface area contributed by atoms with Gasteiger partial charge in [0.15, 0.2) is 0 Å². The Morgan fingerprint density at radius 2 is 2.00 bits per heavy atom. The van der Waals surface area contributed by atoms with Crippen molar-refractivity contribution in [3.8, 4) is 0 Å². The first-order valence-corrected chi connectivity index (χ1v) is 2.55. The zero-order valence-corrected chi connectivity index (χ0v) is 5.42. The Hall–Kier alpha value is -0.230. The Morgan fingerprint density at radius 1 is 1.57 bits per heavy atom. The molecule has 7 heavy (non-hydrogen) atoms. The van der Waals surface area contributed by atoms with E-state index in [1.807, 2.05) is 13.8 Å². The van der Waals surface area contributed by atoms with Gasteiger partial charge < -0.3 is 0 Å². The van der Waals surface area contributed by atoms with Crippen LogP contribution in [0, 0.1) is 0 Å². The number of halogens is 1. The summed E-state index contributed by atoms with van der Waals surface area (Å²) in [5, 5.41) is 0. The summed E-state index contributed by atoms with van der Waals surface area (Å²) in [6.45, 7) is 7.52. The van der Waals surface area contributed by atoms with Gasteiger partial charge in [-0.2, -0.15) is 0 Å². The molecule has 0 radical (unpaired) electrons. The monoisotopic (exact) mass is 116 g/mol. The van der Waals surface area contributed by atoms with Gasteiger partial charge in [-0.25, -0.2) is 0 Å². The minimum atomic E-state index is 1.02. The van der Waals surface area contributed by atoms with Crippen molar-refractivity contribution >= 4 is 11.6 Å². The maximum Gasteiger partial charge on any atom is 0.00741 e. The minimum Gasteiger partial charge on any atom is -0.0958 e. The molecule has 40 valence electrons. The Kier molecular flexibility index (Phi) is 2.77. The maximum absolute atomic E-state index is 5.32. The van der Waals surface area contributed by atoms with Gasteiger partial charge in [0.2, 0.25) is 0 Å². The minimum absolute atomic E-state index is 1.02. The molecule has 0 nitrogen and oxygen atoms in total. The zero-order chi connectivity index (χ0) is 5.86. The van der Waals surface area contributed by atoms with Crippen LogP contribution >= 0.6 is 11.6 Å². The number of hydrogen-bond acceptors (Lipinski definition) is 0. The molecule has 0 aromatic heterocycles. The first-order valence-electron chi connectivity index (χ1n) is 2.11. The van der Waals surface area contributed by atoms with Crippen molar-refractivity contribution in [2.24, 2.45) is 0 Å². The standard InChI is InChI=1S/C6H9Cl/c1-5(2)6(3)4-7/h4H,1H2,2-3H3. The summed E-state index contributed by atoms with van der Waals surface area (Å²) in [7, 11) is 0. The van der Waals surface area contributed by atoms with Crippen molar-refractivity contribution in [2.45, 2.75) is 13.8 Å². The second-order valence-corrected chi connectivity index (χ2v) is 1.79. The molecule has 0 heterocycles. The van der Waals surface area contributed by atoms with Gasteiger partial charge in [0.1, 0.15) is 0 Å². The van der Waals surface area contributed by atoms with Gasteiger partial charge in [-0.05, 0) is 19.4 Å². The van der Waals surface area contributed by atoms with Gasteiger partial charge in [-0.15, -0.1) is 0 Å². The van der Waals surface area contributed by atoms with E-state index in [0.717, 1.165) is 11.1 Å². The van der Waals surface area contributed by atoms with Crippen molar-refractivity contribution in [1.82, 2.24) is 0 Å². The van der Waals surface area contributed by atoms with Crippen LogP contribution in [0.4, 0.5) is 0 Å². The van der Waals surface area contributed by atoms with Gasteiger partial charge >= 0.3 is 0 Å². The molecule has 0 aromatic rings. The van der Waals surface area contributed by atoms with E-state index in [9.17, 15) is 0 Å². The fourth-order valence-corrected chi connectivity index (χ4v) is 0.279. The molecule has 0 unspecified atom stereocenters. The summed E-state index contributed by atoms with van der Waals surface area (Å²) < 4.78 is 0. The van der Waals surface area contributed by atoms with Crippen LogP contribution in [0.5, 0.6) is 0 Å². The largest absolute Gasteiger partial charge is 0.0958 e. The van der Waals surface area contributed by atoms with Crippen LogP contribution in [0.15, 0.2) is 23.3 Å². The molecule has 0 fully saturated rings. The molecule has 0 atom stereocenters. The second kappa shape index (κ2) is 2.86. The first-order chi connectivity index (χ1) is 3.18. The summed E-state index contributed by atoms with van der Waals surface area (Å²) in [5.74, 6) is 0. The van der Waals surface area contributed by atoms with Gasteiger partial charge in [0.05, 0.1) is 0 Å². The second-order valence-electron chi connectivity index (χ2n) is 1.57. The predicted molar refractivity (Wildman–Crippen MR) is 34.4 cm³/mol. The highest BCUT2D eigenvalue weighted by molar-refractivity contribution is 6.25. The lowest BCUT2D eigenvalue weighted by Crippen LogP contribution is -1.70. The van der Waals surface area contributed by atoms with Crippen LogP contribution in [-0.2, 0) is 0 Å². The van der Waals surface area contributed by atoms with Crippen LogP contribution in [0.25, 0.3) is 0 Å². The third-order valence-corrected chi connectivity index (χ3v) is 1.16. The summed E-state index contributed by atoms with van der Waals surface area (Å²) in [6, 6.07) is 0. The highest BCUT2D eigenvalue weighted by atomic mass is 35.5. The fourth-order valence-electron chi connectivity index (χ4n) is 0.0931. The van der Waals surface area contributed by atoms with Crippen molar-refractivity contribution in [3.63, 3.8) is 0 Å². The highest BCUT2D eigenvalue weighted by Gasteiger charge is 1.82. The quantitative estimate of drug-likeness (QED) is 0.462. The highest BCUT2D eigenvalue weighted by Crippen LogP contribution is 2.04. The van der Waals surface area contributed by atoms with E-state index >= 15 is 0 Å². The molecule has 0 aromatic carbocycles. The molecule has 1 heteroatoms. The van der Waals surface area contributed by atoms with Crippen molar-refractivity contribution in [2.75, 3.05) is 0 Å². The Labute approximate surface area is 49.5 Å². The molecule has 0 rings (SSSR count). The molecule has 0 N–H and O–H groups in total. The Bertz CT molecular complexity index is 101. The molecule has 0 amide bonds. The number of hydrogen-bond donors (Lipinski definition) is 0. The molecular weight excluding hydrogens is 108 g/mol. The van der Waals surface area contributed by atoms with Gasteiger partial charge in [0.25, 0.3) is 0 Å². The lowest BCUT2D eigenvalue weighted by molar-refractivity contribution is 1.38. The third-order valence-electron chi connectivity index (χ3n) is 0.837. The Balaban J connectivity index is 3.82. The average molecular weight is 117 g/mol. The van der Waals surface area contributed by atoms with Gasteiger partial charge in [-0.3, -0.25) is 0 Å². The topological polar surface area (TPSA) is 0 Å². The van der Waals surface area contributed by atoms with E-state index in [1.54, 1.807) is 0 Å². The first kappa shape index (κ1) is 6.77. The van der Waals surface area contributed by atoms with Gasteiger partial charge in [-0.1, -0.05) is 23.8 Å².